The third kappa shape index (κ3) is 15.4. The molecule has 0 saturated carbocycles. The summed E-state index contributed by atoms with van der Waals surface area (Å²) < 4.78 is 11.8. The van der Waals surface area contributed by atoms with Crippen LogP contribution < -0.4 is 5.32 Å². The van der Waals surface area contributed by atoms with Gasteiger partial charge < -0.3 is 14.8 Å². The summed E-state index contributed by atoms with van der Waals surface area (Å²) in [6.07, 6.45) is 15.8. The van der Waals surface area contributed by atoms with Gasteiger partial charge in [0.15, 0.2) is 0 Å². The fourth-order valence-electron chi connectivity index (χ4n) is 2.75. The van der Waals surface area contributed by atoms with Crippen LogP contribution in [0.5, 0.6) is 0 Å². The van der Waals surface area contributed by atoms with E-state index in [4.69, 9.17) is 9.47 Å². The number of nitrogens with one attached hydrogen (secondary N) is 1. The second-order valence-corrected chi connectivity index (χ2v) is 7.45. The van der Waals surface area contributed by atoms with Crippen molar-refractivity contribution in [2.75, 3.05) is 33.5 Å². The Labute approximate surface area is 152 Å². The molecule has 0 aromatic carbocycles. The number of rotatable bonds is 19. The highest BCUT2D eigenvalue weighted by molar-refractivity contribution is 4.80. The molecule has 146 valence electrons. The van der Waals surface area contributed by atoms with Crippen LogP contribution in [0.4, 0.5) is 0 Å². The molecule has 0 heterocycles. The van der Waals surface area contributed by atoms with Gasteiger partial charge in [-0.25, -0.2) is 0 Å². The van der Waals surface area contributed by atoms with E-state index in [1.807, 2.05) is 7.05 Å². The standard InChI is InChI=1S/C21H45NO2/c1-5-7-9-11-13-15-17-23-19-21(3,22-4)20-24-18-16-14-12-10-8-6-2/h22H,5-20H2,1-4H3. The van der Waals surface area contributed by atoms with Gasteiger partial charge in [0.25, 0.3) is 0 Å². The highest BCUT2D eigenvalue weighted by Crippen LogP contribution is 2.09. The first-order chi connectivity index (χ1) is 11.7. The van der Waals surface area contributed by atoms with Crippen LogP contribution >= 0.6 is 0 Å². The first-order valence-electron chi connectivity index (χ1n) is 10.5. The van der Waals surface area contributed by atoms with Gasteiger partial charge >= 0.3 is 0 Å². The lowest BCUT2D eigenvalue weighted by Gasteiger charge is -2.28. The molecule has 0 spiro atoms. The van der Waals surface area contributed by atoms with E-state index >= 15 is 0 Å². The summed E-state index contributed by atoms with van der Waals surface area (Å²) in [4.78, 5) is 0. The van der Waals surface area contributed by atoms with Crippen LogP contribution in [-0.2, 0) is 9.47 Å². The summed E-state index contributed by atoms with van der Waals surface area (Å²) in [6, 6.07) is 0. The molecule has 3 heteroatoms. The Balaban J connectivity index is 3.51. The van der Waals surface area contributed by atoms with E-state index in [0.717, 1.165) is 26.4 Å². The zero-order valence-electron chi connectivity index (χ0n) is 17.1. The molecule has 0 atom stereocenters. The Morgan fingerprint density at radius 2 is 1.00 bits per heavy atom. The minimum Gasteiger partial charge on any atom is -0.379 e. The molecule has 0 aromatic heterocycles. The summed E-state index contributed by atoms with van der Waals surface area (Å²) in [5, 5.41) is 3.37. The van der Waals surface area contributed by atoms with Crippen molar-refractivity contribution in [2.24, 2.45) is 0 Å². The van der Waals surface area contributed by atoms with Crippen molar-refractivity contribution in [3.8, 4) is 0 Å². The number of likely N-dealkylation sites (N-methyl/N-ethyl adjacent to an activating group) is 1. The van der Waals surface area contributed by atoms with E-state index in [9.17, 15) is 0 Å². The lowest BCUT2D eigenvalue weighted by molar-refractivity contribution is 0.0145. The highest BCUT2D eigenvalue weighted by atomic mass is 16.5. The molecule has 0 aliphatic rings. The van der Waals surface area contributed by atoms with E-state index in [1.165, 1.54) is 77.0 Å². The summed E-state index contributed by atoms with van der Waals surface area (Å²) >= 11 is 0. The van der Waals surface area contributed by atoms with E-state index in [-0.39, 0.29) is 5.54 Å². The molecule has 0 aromatic rings. The van der Waals surface area contributed by atoms with Gasteiger partial charge in [0.2, 0.25) is 0 Å². The smallest absolute Gasteiger partial charge is 0.0668 e. The topological polar surface area (TPSA) is 30.5 Å². The normalized spacial score (nSPS) is 12.0. The molecule has 0 saturated heterocycles. The second-order valence-electron chi connectivity index (χ2n) is 7.45. The molecule has 0 aliphatic heterocycles. The van der Waals surface area contributed by atoms with Gasteiger partial charge in [-0.1, -0.05) is 78.1 Å². The first kappa shape index (κ1) is 23.9. The molecule has 3 nitrogen and oxygen atoms in total. The molecule has 0 bridgehead atoms. The molecule has 1 N–H and O–H groups in total. The van der Waals surface area contributed by atoms with Crippen LogP contribution in [0.15, 0.2) is 0 Å². The Kier molecular flexibility index (Phi) is 17.6. The zero-order chi connectivity index (χ0) is 17.9. The van der Waals surface area contributed by atoms with Gasteiger partial charge in [-0.3, -0.25) is 0 Å². The summed E-state index contributed by atoms with van der Waals surface area (Å²) in [5.74, 6) is 0. The van der Waals surface area contributed by atoms with Crippen LogP contribution in [0.25, 0.3) is 0 Å². The van der Waals surface area contributed by atoms with Crippen molar-refractivity contribution in [1.29, 1.82) is 0 Å². The lowest BCUT2D eigenvalue weighted by atomic mass is 10.1. The average molecular weight is 344 g/mol. The van der Waals surface area contributed by atoms with Gasteiger partial charge in [-0.15, -0.1) is 0 Å². The Bertz CT molecular complexity index is 226. The minimum atomic E-state index is -0.0651. The zero-order valence-corrected chi connectivity index (χ0v) is 17.1. The van der Waals surface area contributed by atoms with Crippen molar-refractivity contribution in [2.45, 2.75) is 103 Å². The Hall–Kier alpha value is -0.120. The van der Waals surface area contributed by atoms with E-state index in [1.54, 1.807) is 0 Å². The Morgan fingerprint density at radius 3 is 1.38 bits per heavy atom. The number of hydrogen-bond donors (Lipinski definition) is 1. The lowest BCUT2D eigenvalue weighted by Crippen LogP contribution is -2.48. The summed E-state index contributed by atoms with van der Waals surface area (Å²) in [5.41, 5.74) is -0.0651. The fraction of sp³-hybridized carbons (Fsp3) is 1.00. The van der Waals surface area contributed by atoms with E-state index in [0.29, 0.717) is 0 Å². The average Bonchev–Trinajstić information content (AvgIpc) is 2.59. The predicted molar refractivity (Wildman–Crippen MR) is 106 cm³/mol. The SMILES string of the molecule is CCCCCCCCOCC(C)(COCCCCCCCC)NC. The molecule has 0 fully saturated rings. The molecular formula is C21H45NO2. The van der Waals surface area contributed by atoms with Crippen LogP contribution in [0.2, 0.25) is 0 Å². The highest BCUT2D eigenvalue weighted by Gasteiger charge is 2.22. The maximum atomic E-state index is 5.88. The minimum absolute atomic E-state index is 0.0651. The van der Waals surface area contributed by atoms with Gasteiger partial charge in [0, 0.05) is 13.2 Å². The molecular weight excluding hydrogens is 298 g/mol. The third-order valence-corrected chi connectivity index (χ3v) is 4.73. The van der Waals surface area contributed by atoms with E-state index < -0.39 is 0 Å². The largest absolute Gasteiger partial charge is 0.379 e. The monoisotopic (exact) mass is 343 g/mol. The molecule has 0 unspecified atom stereocenters. The maximum Gasteiger partial charge on any atom is 0.0668 e. The van der Waals surface area contributed by atoms with E-state index in [2.05, 4.69) is 26.1 Å². The third-order valence-electron chi connectivity index (χ3n) is 4.73. The van der Waals surface area contributed by atoms with Crippen molar-refractivity contribution < 1.29 is 9.47 Å². The molecule has 0 rings (SSSR count). The number of ether oxygens (including phenoxy) is 2. The molecule has 0 aliphatic carbocycles. The number of hydrogen-bond acceptors (Lipinski definition) is 3. The van der Waals surface area contributed by atoms with Crippen LogP contribution in [-0.4, -0.2) is 39.0 Å². The van der Waals surface area contributed by atoms with Crippen LogP contribution in [0.3, 0.4) is 0 Å². The Morgan fingerprint density at radius 1 is 0.625 bits per heavy atom. The van der Waals surface area contributed by atoms with Gasteiger partial charge in [0.05, 0.1) is 18.8 Å². The predicted octanol–water partition coefficient (Wildman–Crippen LogP) is 5.72. The van der Waals surface area contributed by atoms with Crippen molar-refractivity contribution in [1.82, 2.24) is 5.32 Å². The van der Waals surface area contributed by atoms with Crippen molar-refractivity contribution in [3.05, 3.63) is 0 Å². The van der Waals surface area contributed by atoms with Crippen LogP contribution in [0.1, 0.15) is 97.8 Å². The summed E-state index contributed by atoms with van der Waals surface area (Å²) in [6.45, 7) is 9.92. The van der Waals surface area contributed by atoms with Gasteiger partial charge in [-0.2, -0.15) is 0 Å². The van der Waals surface area contributed by atoms with Gasteiger partial charge in [-0.05, 0) is 26.8 Å². The second kappa shape index (κ2) is 17.7. The molecule has 0 radical (unpaired) electrons. The molecule has 0 amide bonds. The van der Waals surface area contributed by atoms with Crippen LogP contribution in [0, 0.1) is 0 Å². The van der Waals surface area contributed by atoms with Gasteiger partial charge in [0.1, 0.15) is 0 Å². The number of unbranched alkanes of at least 4 members (excludes halogenated alkanes) is 10. The van der Waals surface area contributed by atoms with Crippen molar-refractivity contribution in [3.63, 3.8) is 0 Å². The quantitative estimate of drug-likeness (QED) is 0.304. The van der Waals surface area contributed by atoms with Crippen molar-refractivity contribution >= 4 is 0 Å². The molecule has 24 heavy (non-hydrogen) atoms. The fourth-order valence-corrected chi connectivity index (χ4v) is 2.75. The summed E-state index contributed by atoms with van der Waals surface area (Å²) in [7, 11) is 2.00. The maximum absolute atomic E-state index is 5.88. The first-order valence-corrected chi connectivity index (χ1v) is 10.5.